The Bertz CT molecular complexity index is 752. The van der Waals surface area contributed by atoms with Crippen molar-refractivity contribution in [3.05, 3.63) is 17.7 Å². The average Bonchev–Trinajstić information content (AvgIpc) is 3.18. The normalized spacial score (nSPS) is 22.7. The number of carbonyl (C=O) groups excluding carboxylic acids is 1. The number of hydrogen-bond acceptors (Lipinski definition) is 8. The van der Waals surface area contributed by atoms with Crippen LogP contribution in [-0.2, 0) is 4.74 Å². The zero-order valence-corrected chi connectivity index (χ0v) is 14.4. The fourth-order valence-corrected chi connectivity index (χ4v) is 3.42. The molecule has 0 radical (unpaired) electrons. The fraction of sp³-hybridized carbons (Fsp3) is 0.733. The Morgan fingerprint density at radius 2 is 2.08 bits per heavy atom. The van der Waals surface area contributed by atoms with Crippen molar-refractivity contribution in [1.29, 1.82) is 0 Å². The van der Waals surface area contributed by atoms with Crippen molar-refractivity contribution in [2.45, 2.75) is 50.7 Å². The first-order valence-corrected chi connectivity index (χ1v) is 8.69. The van der Waals surface area contributed by atoms with Gasteiger partial charge in [-0.05, 0) is 49.6 Å². The Morgan fingerprint density at radius 3 is 2.84 bits per heavy atom. The Kier molecular flexibility index (Phi) is 4.20. The van der Waals surface area contributed by atoms with Gasteiger partial charge in [-0.2, -0.15) is 0 Å². The third kappa shape index (κ3) is 3.13. The van der Waals surface area contributed by atoms with Gasteiger partial charge in [0.2, 0.25) is 0 Å². The van der Waals surface area contributed by atoms with E-state index >= 15 is 0 Å². The summed E-state index contributed by atoms with van der Waals surface area (Å²) in [6.45, 7) is 3.96. The number of esters is 1. The Labute approximate surface area is 145 Å². The molecule has 10 nitrogen and oxygen atoms in total. The first-order valence-electron chi connectivity index (χ1n) is 8.69. The summed E-state index contributed by atoms with van der Waals surface area (Å²) in [5.74, 6) is 0.466. The van der Waals surface area contributed by atoms with Gasteiger partial charge in [-0.3, -0.25) is 4.90 Å². The van der Waals surface area contributed by atoms with E-state index in [-0.39, 0.29) is 17.8 Å². The van der Waals surface area contributed by atoms with Gasteiger partial charge in [0.15, 0.2) is 11.5 Å². The molecule has 3 heterocycles. The zero-order valence-electron chi connectivity index (χ0n) is 14.4. The molecular formula is C15H22N8O2. The maximum atomic E-state index is 11.6. The molecule has 2 aromatic heterocycles. The van der Waals surface area contributed by atoms with Crippen molar-refractivity contribution in [2.75, 3.05) is 20.2 Å². The second-order valence-corrected chi connectivity index (χ2v) is 6.76. The van der Waals surface area contributed by atoms with Crippen LogP contribution in [0.4, 0.5) is 0 Å². The molecule has 1 aliphatic carbocycles. The highest BCUT2D eigenvalue weighted by Gasteiger charge is 2.33. The van der Waals surface area contributed by atoms with E-state index in [1.807, 2.05) is 4.68 Å². The molecule has 0 N–H and O–H groups in total. The van der Waals surface area contributed by atoms with E-state index in [2.05, 4.69) is 37.7 Å². The molecule has 2 atom stereocenters. The van der Waals surface area contributed by atoms with Crippen LogP contribution in [-0.4, -0.2) is 66.3 Å². The number of ether oxygens (including phenoxy) is 1. The lowest BCUT2D eigenvalue weighted by Gasteiger charge is -2.35. The molecule has 1 saturated heterocycles. The average molecular weight is 346 g/mol. The number of likely N-dealkylation sites (tertiary alicyclic amines) is 1. The molecule has 1 aliphatic heterocycles. The number of methoxy groups -OCH3 is 1. The van der Waals surface area contributed by atoms with E-state index in [0.29, 0.717) is 6.04 Å². The Balaban J connectivity index is 1.48. The van der Waals surface area contributed by atoms with Gasteiger partial charge in [-0.25, -0.2) is 14.2 Å². The second kappa shape index (κ2) is 6.51. The molecule has 0 amide bonds. The van der Waals surface area contributed by atoms with Crippen LogP contribution in [0.3, 0.4) is 0 Å². The first kappa shape index (κ1) is 16.1. The molecule has 0 aromatic carbocycles. The Morgan fingerprint density at radius 1 is 1.24 bits per heavy atom. The van der Waals surface area contributed by atoms with Gasteiger partial charge in [-0.1, -0.05) is 5.21 Å². The molecule has 10 heteroatoms. The van der Waals surface area contributed by atoms with Crippen LogP contribution >= 0.6 is 0 Å². The third-order valence-electron chi connectivity index (χ3n) is 5.04. The van der Waals surface area contributed by atoms with E-state index in [1.54, 1.807) is 10.9 Å². The summed E-state index contributed by atoms with van der Waals surface area (Å²) >= 11 is 0. The summed E-state index contributed by atoms with van der Waals surface area (Å²) in [4.78, 5) is 13.9. The molecule has 2 fully saturated rings. The van der Waals surface area contributed by atoms with Crippen molar-refractivity contribution in [3.8, 4) is 0 Å². The number of piperidine rings is 1. The third-order valence-corrected chi connectivity index (χ3v) is 5.04. The second-order valence-electron chi connectivity index (χ2n) is 6.76. The van der Waals surface area contributed by atoms with E-state index < -0.39 is 5.97 Å². The van der Waals surface area contributed by atoms with E-state index in [4.69, 9.17) is 4.74 Å². The smallest absolute Gasteiger partial charge is 0.360 e. The summed E-state index contributed by atoms with van der Waals surface area (Å²) in [5, 5.41) is 20.3. The van der Waals surface area contributed by atoms with Crippen LogP contribution in [0.5, 0.6) is 0 Å². The number of carbonyl (C=O) groups is 1. The monoisotopic (exact) mass is 346 g/mol. The van der Waals surface area contributed by atoms with Crippen molar-refractivity contribution in [3.63, 3.8) is 0 Å². The molecule has 1 saturated carbocycles. The van der Waals surface area contributed by atoms with Crippen molar-refractivity contribution < 1.29 is 9.53 Å². The predicted molar refractivity (Wildman–Crippen MR) is 85.7 cm³/mol. The molecule has 0 bridgehead atoms. The van der Waals surface area contributed by atoms with Crippen LogP contribution in [0.1, 0.15) is 67.0 Å². The lowest BCUT2D eigenvalue weighted by Crippen LogP contribution is -2.39. The summed E-state index contributed by atoms with van der Waals surface area (Å²) < 4.78 is 8.44. The predicted octanol–water partition coefficient (Wildman–Crippen LogP) is 0.784. The van der Waals surface area contributed by atoms with Crippen LogP contribution in [0.2, 0.25) is 0 Å². The van der Waals surface area contributed by atoms with Crippen LogP contribution in [0.15, 0.2) is 6.20 Å². The summed E-state index contributed by atoms with van der Waals surface area (Å²) in [5.41, 5.74) is 0.241. The van der Waals surface area contributed by atoms with Gasteiger partial charge in [-0.15, -0.1) is 10.2 Å². The maximum absolute atomic E-state index is 11.6. The molecule has 2 aromatic rings. The lowest BCUT2D eigenvalue weighted by molar-refractivity contribution is 0.0593. The maximum Gasteiger partial charge on any atom is 0.360 e. The van der Waals surface area contributed by atoms with Gasteiger partial charge in [0.25, 0.3) is 0 Å². The number of tetrazole rings is 1. The van der Waals surface area contributed by atoms with E-state index in [1.165, 1.54) is 7.11 Å². The highest BCUT2D eigenvalue weighted by Crippen LogP contribution is 2.37. The first-order chi connectivity index (χ1) is 12.2. The highest BCUT2D eigenvalue weighted by molar-refractivity contribution is 5.86. The van der Waals surface area contributed by atoms with Gasteiger partial charge >= 0.3 is 5.97 Å². The minimum atomic E-state index is -0.462. The largest absolute Gasteiger partial charge is 0.464 e. The molecule has 25 heavy (non-hydrogen) atoms. The van der Waals surface area contributed by atoms with Crippen LogP contribution in [0, 0.1) is 0 Å². The topological polar surface area (TPSA) is 104 Å². The van der Waals surface area contributed by atoms with Gasteiger partial charge in [0.05, 0.1) is 31.4 Å². The minimum Gasteiger partial charge on any atom is -0.464 e. The van der Waals surface area contributed by atoms with Gasteiger partial charge in [0, 0.05) is 6.54 Å². The Hall–Kier alpha value is -2.36. The van der Waals surface area contributed by atoms with Crippen LogP contribution < -0.4 is 0 Å². The quantitative estimate of drug-likeness (QED) is 0.732. The van der Waals surface area contributed by atoms with Crippen LogP contribution in [0.25, 0.3) is 0 Å². The molecule has 2 unspecified atom stereocenters. The zero-order chi connectivity index (χ0) is 17.4. The van der Waals surface area contributed by atoms with E-state index in [0.717, 1.165) is 44.6 Å². The fourth-order valence-electron chi connectivity index (χ4n) is 3.42. The van der Waals surface area contributed by atoms with Gasteiger partial charge < -0.3 is 4.74 Å². The molecular weight excluding hydrogens is 324 g/mol. The van der Waals surface area contributed by atoms with E-state index in [9.17, 15) is 4.79 Å². The summed E-state index contributed by atoms with van der Waals surface area (Å²) in [6, 6.07) is 0.778. The lowest BCUT2D eigenvalue weighted by atomic mass is 10.0. The standard InChI is InChI=1S/C15H22N8O2/c1-10(14-17-18-20-23(14)11-5-6-11)21-7-3-4-12(8-21)22-9-13(16-19-22)15(24)25-2/h9-12H,3-8H2,1-2H3. The number of nitrogens with zero attached hydrogens (tertiary/aromatic N) is 8. The SMILES string of the molecule is COC(=O)c1cn(C2CCCN(C(C)c3nnnn3C3CC3)C2)nn1. The van der Waals surface area contributed by atoms with Crippen molar-refractivity contribution in [1.82, 2.24) is 40.1 Å². The van der Waals surface area contributed by atoms with Crippen molar-refractivity contribution in [2.24, 2.45) is 0 Å². The van der Waals surface area contributed by atoms with Crippen molar-refractivity contribution >= 4 is 5.97 Å². The molecule has 0 spiro atoms. The minimum absolute atomic E-state index is 0.141. The van der Waals surface area contributed by atoms with Gasteiger partial charge in [0.1, 0.15) is 0 Å². The summed E-state index contributed by atoms with van der Waals surface area (Å²) in [7, 11) is 1.34. The molecule has 2 aliphatic rings. The molecule has 4 rings (SSSR count). The molecule has 134 valence electrons. The number of aromatic nitrogens is 7. The summed E-state index contributed by atoms with van der Waals surface area (Å²) in [6.07, 6.45) is 6.03. The number of hydrogen-bond donors (Lipinski definition) is 0. The highest BCUT2D eigenvalue weighted by atomic mass is 16.5. The number of rotatable bonds is 5.